The van der Waals surface area contributed by atoms with Gasteiger partial charge in [0.15, 0.2) is 11.6 Å². The highest BCUT2D eigenvalue weighted by Gasteiger charge is 2.18. The maximum absolute atomic E-state index is 6.28. The number of aryl methyl sites for hydroxylation is 1. The summed E-state index contributed by atoms with van der Waals surface area (Å²) in [6.07, 6.45) is 7.13. The van der Waals surface area contributed by atoms with E-state index < -0.39 is 0 Å². The number of hydrogen-bond donors (Lipinski definition) is 0. The SMILES string of the molecule is Clc1nc(-c2occc2Br)nc2c1CCCCC2. The van der Waals surface area contributed by atoms with Gasteiger partial charge in [0.05, 0.1) is 10.7 Å². The van der Waals surface area contributed by atoms with E-state index in [0.29, 0.717) is 16.7 Å². The van der Waals surface area contributed by atoms with Crippen LogP contribution in [0.25, 0.3) is 11.6 Å². The molecule has 0 bridgehead atoms. The predicted octanol–water partition coefficient (Wildman–Crippen LogP) is 4.42. The van der Waals surface area contributed by atoms with Gasteiger partial charge in [-0.3, -0.25) is 0 Å². The number of nitrogens with zero attached hydrogens (tertiary/aromatic N) is 2. The molecule has 0 atom stereocenters. The van der Waals surface area contributed by atoms with Gasteiger partial charge in [0, 0.05) is 11.3 Å². The van der Waals surface area contributed by atoms with E-state index in [1.807, 2.05) is 6.07 Å². The molecule has 3 nitrogen and oxygen atoms in total. The summed E-state index contributed by atoms with van der Waals surface area (Å²) < 4.78 is 6.25. The van der Waals surface area contributed by atoms with Crippen LogP contribution < -0.4 is 0 Å². The number of fused-ring (bicyclic) bond motifs is 1. The van der Waals surface area contributed by atoms with Gasteiger partial charge in [-0.25, -0.2) is 9.97 Å². The van der Waals surface area contributed by atoms with Crippen molar-refractivity contribution in [2.75, 3.05) is 0 Å². The summed E-state index contributed by atoms with van der Waals surface area (Å²) in [6, 6.07) is 1.83. The minimum atomic E-state index is 0.567. The van der Waals surface area contributed by atoms with Gasteiger partial charge in [0.2, 0.25) is 0 Å². The molecular formula is C13H12BrClN2O. The van der Waals surface area contributed by atoms with Gasteiger partial charge in [0.1, 0.15) is 5.15 Å². The Kier molecular flexibility index (Phi) is 3.39. The third-order valence-electron chi connectivity index (χ3n) is 3.20. The van der Waals surface area contributed by atoms with Crippen molar-refractivity contribution in [1.82, 2.24) is 9.97 Å². The van der Waals surface area contributed by atoms with Crippen LogP contribution >= 0.6 is 27.5 Å². The minimum Gasteiger partial charge on any atom is -0.460 e. The van der Waals surface area contributed by atoms with Crippen molar-refractivity contribution >= 4 is 27.5 Å². The van der Waals surface area contributed by atoms with Crippen molar-refractivity contribution in [1.29, 1.82) is 0 Å². The number of rotatable bonds is 1. The maximum atomic E-state index is 6.28. The minimum absolute atomic E-state index is 0.567. The topological polar surface area (TPSA) is 38.9 Å². The second-order valence-corrected chi connectivity index (χ2v) is 5.63. The largest absolute Gasteiger partial charge is 0.460 e. The molecule has 0 aromatic carbocycles. The van der Waals surface area contributed by atoms with E-state index in [1.165, 1.54) is 19.3 Å². The third kappa shape index (κ3) is 2.19. The predicted molar refractivity (Wildman–Crippen MR) is 73.7 cm³/mol. The Morgan fingerprint density at radius 1 is 1.17 bits per heavy atom. The molecule has 94 valence electrons. The molecule has 2 heterocycles. The van der Waals surface area contributed by atoms with Gasteiger partial charge in [-0.2, -0.15) is 0 Å². The van der Waals surface area contributed by atoms with Crippen molar-refractivity contribution in [3.63, 3.8) is 0 Å². The molecule has 0 spiro atoms. The average molecular weight is 328 g/mol. The first kappa shape index (κ1) is 12.2. The lowest BCUT2D eigenvalue weighted by Gasteiger charge is -2.08. The quantitative estimate of drug-likeness (QED) is 0.575. The number of hydrogen-bond acceptors (Lipinski definition) is 3. The zero-order chi connectivity index (χ0) is 12.5. The Labute approximate surface area is 119 Å². The van der Waals surface area contributed by atoms with Crippen molar-refractivity contribution in [3.8, 4) is 11.6 Å². The Morgan fingerprint density at radius 2 is 2.00 bits per heavy atom. The molecule has 0 amide bonds. The van der Waals surface area contributed by atoms with Crippen LogP contribution in [0.15, 0.2) is 21.2 Å². The molecule has 1 aliphatic rings. The molecule has 0 radical (unpaired) electrons. The van der Waals surface area contributed by atoms with Crippen LogP contribution in [0.4, 0.5) is 0 Å². The van der Waals surface area contributed by atoms with E-state index in [9.17, 15) is 0 Å². The molecule has 0 saturated heterocycles. The first-order valence-corrected chi connectivity index (χ1v) is 7.21. The Balaban J connectivity index is 2.11. The zero-order valence-corrected chi connectivity index (χ0v) is 12.1. The smallest absolute Gasteiger partial charge is 0.198 e. The fourth-order valence-electron chi connectivity index (χ4n) is 2.28. The van der Waals surface area contributed by atoms with Crippen LogP contribution in [0.2, 0.25) is 5.15 Å². The fraction of sp³-hybridized carbons (Fsp3) is 0.385. The van der Waals surface area contributed by atoms with E-state index >= 15 is 0 Å². The third-order valence-corrected chi connectivity index (χ3v) is 4.14. The first-order chi connectivity index (χ1) is 8.75. The Hall–Kier alpha value is -0.870. The summed E-state index contributed by atoms with van der Waals surface area (Å²) in [5, 5.41) is 0.570. The highest BCUT2D eigenvalue weighted by Crippen LogP contribution is 2.31. The monoisotopic (exact) mass is 326 g/mol. The highest BCUT2D eigenvalue weighted by molar-refractivity contribution is 9.10. The van der Waals surface area contributed by atoms with Gasteiger partial charge in [-0.05, 0) is 47.7 Å². The molecule has 1 aliphatic carbocycles. The highest BCUT2D eigenvalue weighted by atomic mass is 79.9. The van der Waals surface area contributed by atoms with Crippen LogP contribution in [-0.4, -0.2) is 9.97 Å². The molecule has 2 aromatic rings. The lowest BCUT2D eigenvalue weighted by molar-refractivity contribution is 0.575. The molecule has 0 unspecified atom stereocenters. The normalized spacial score (nSPS) is 15.2. The molecule has 18 heavy (non-hydrogen) atoms. The summed E-state index contributed by atoms with van der Waals surface area (Å²) in [5.74, 6) is 1.21. The van der Waals surface area contributed by atoms with Crippen LogP contribution in [0.5, 0.6) is 0 Å². The van der Waals surface area contributed by atoms with E-state index in [4.69, 9.17) is 16.0 Å². The summed E-state index contributed by atoms with van der Waals surface area (Å²) in [6.45, 7) is 0. The van der Waals surface area contributed by atoms with Crippen LogP contribution in [-0.2, 0) is 12.8 Å². The summed E-state index contributed by atoms with van der Waals surface area (Å²) in [5.41, 5.74) is 2.19. The number of halogens is 2. The first-order valence-electron chi connectivity index (χ1n) is 6.04. The molecule has 0 saturated carbocycles. The lowest BCUT2D eigenvalue weighted by Crippen LogP contribution is -2.01. The van der Waals surface area contributed by atoms with Crippen molar-refractivity contribution < 1.29 is 4.42 Å². The summed E-state index contributed by atoms with van der Waals surface area (Å²) in [4.78, 5) is 8.98. The van der Waals surface area contributed by atoms with Crippen molar-refractivity contribution in [3.05, 3.63) is 33.2 Å². The lowest BCUT2D eigenvalue weighted by atomic mass is 10.1. The average Bonchev–Trinajstić information content (AvgIpc) is 2.63. The number of aromatic nitrogens is 2. The molecule has 2 aromatic heterocycles. The van der Waals surface area contributed by atoms with E-state index in [1.54, 1.807) is 6.26 Å². The molecule has 0 fully saturated rings. The molecule has 3 rings (SSSR count). The maximum Gasteiger partial charge on any atom is 0.198 e. The van der Waals surface area contributed by atoms with E-state index in [2.05, 4.69) is 25.9 Å². The van der Waals surface area contributed by atoms with Crippen molar-refractivity contribution in [2.45, 2.75) is 32.1 Å². The molecule has 0 aliphatic heterocycles. The Morgan fingerprint density at radius 3 is 2.78 bits per heavy atom. The van der Waals surface area contributed by atoms with Crippen LogP contribution in [0.1, 0.15) is 30.5 Å². The van der Waals surface area contributed by atoms with Crippen molar-refractivity contribution in [2.24, 2.45) is 0 Å². The van der Waals surface area contributed by atoms with Gasteiger partial charge < -0.3 is 4.42 Å². The number of furan rings is 1. The van der Waals surface area contributed by atoms with E-state index in [0.717, 1.165) is 28.6 Å². The molecular weight excluding hydrogens is 316 g/mol. The molecule has 0 N–H and O–H groups in total. The summed E-state index contributed by atoms with van der Waals surface area (Å²) >= 11 is 9.70. The standard InChI is InChI=1S/C13H12BrClN2O/c14-9-6-7-18-11(9)13-16-10-5-3-1-2-4-8(10)12(15)17-13/h6-7H,1-5H2. The second kappa shape index (κ2) is 5.02. The Bertz CT molecular complexity index is 582. The van der Waals surface area contributed by atoms with Gasteiger partial charge in [-0.15, -0.1) is 0 Å². The van der Waals surface area contributed by atoms with E-state index in [-0.39, 0.29) is 0 Å². The fourth-order valence-corrected chi connectivity index (χ4v) is 2.94. The molecule has 5 heteroatoms. The van der Waals surface area contributed by atoms with Crippen LogP contribution in [0, 0.1) is 0 Å². The zero-order valence-electron chi connectivity index (χ0n) is 9.75. The van der Waals surface area contributed by atoms with Gasteiger partial charge in [-0.1, -0.05) is 18.0 Å². The van der Waals surface area contributed by atoms with Gasteiger partial charge >= 0.3 is 0 Å². The van der Waals surface area contributed by atoms with Gasteiger partial charge in [0.25, 0.3) is 0 Å². The summed E-state index contributed by atoms with van der Waals surface area (Å²) in [7, 11) is 0. The van der Waals surface area contributed by atoms with Crippen LogP contribution in [0.3, 0.4) is 0 Å². The second-order valence-electron chi connectivity index (χ2n) is 4.42.